The number of fused-ring (bicyclic) bond motifs is 1. The maximum absolute atomic E-state index is 12.5. The first kappa shape index (κ1) is 15.2. The van der Waals surface area contributed by atoms with E-state index in [1.807, 2.05) is 12.1 Å². The highest BCUT2D eigenvalue weighted by Crippen LogP contribution is 2.13. The van der Waals surface area contributed by atoms with Gasteiger partial charge >= 0.3 is 0 Å². The summed E-state index contributed by atoms with van der Waals surface area (Å²) in [6.07, 6.45) is 1.42. The predicted octanol–water partition coefficient (Wildman–Crippen LogP) is 2.22. The van der Waals surface area contributed by atoms with Crippen LogP contribution in [0.15, 0.2) is 53.6 Å². The number of aromatic nitrogens is 2. The van der Waals surface area contributed by atoms with E-state index in [-0.39, 0.29) is 11.1 Å². The molecule has 6 nitrogen and oxygen atoms in total. The van der Waals surface area contributed by atoms with Crippen molar-refractivity contribution >= 4 is 28.4 Å². The van der Waals surface area contributed by atoms with Gasteiger partial charge in [-0.05, 0) is 35.9 Å². The fourth-order valence-corrected chi connectivity index (χ4v) is 2.52. The second-order valence-electron chi connectivity index (χ2n) is 4.98. The monoisotopic (exact) mass is 329 g/mol. The molecule has 0 aliphatic rings. The third-order valence-corrected chi connectivity index (χ3v) is 3.67. The van der Waals surface area contributed by atoms with E-state index in [1.165, 1.54) is 29.1 Å². The number of benzene rings is 2. The van der Waals surface area contributed by atoms with Crippen LogP contribution in [0.1, 0.15) is 15.9 Å². The summed E-state index contributed by atoms with van der Waals surface area (Å²) in [6.45, 7) is 0.348. The van der Waals surface area contributed by atoms with Gasteiger partial charge in [0, 0.05) is 10.6 Å². The second-order valence-corrected chi connectivity index (χ2v) is 5.42. The molecule has 3 aromatic rings. The van der Waals surface area contributed by atoms with E-state index in [0.717, 1.165) is 5.56 Å². The molecule has 1 heterocycles. The third kappa shape index (κ3) is 3.08. The van der Waals surface area contributed by atoms with Crippen molar-refractivity contribution in [2.75, 3.05) is 0 Å². The van der Waals surface area contributed by atoms with Crippen molar-refractivity contribution in [3.05, 3.63) is 75.3 Å². The molecule has 23 heavy (non-hydrogen) atoms. The Hall–Kier alpha value is -2.70. The lowest BCUT2D eigenvalue weighted by molar-refractivity contribution is 0.0706. The normalized spacial score (nSPS) is 10.7. The summed E-state index contributed by atoms with van der Waals surface area (Å²) in [5.41, 5.74) is 2.83. The SMILES string of the molecule is O=C(NO)c1ccc2c(=O)n(Cc3cccc(Cl)c3)cnc2c1. The minimum absolute atomic E-state index is 0.217. The molecule has 0 saturated heterocycles. The Morgan fingerprint density at radius 2 is 2.09 bits per heavy atom. The number of amides is 1. The fourth-order valence-electron chi connectivity index (χ4n) is 2.31. The Bertz CT molecular complexity index is 953. The molecule has 7 heteroatoms. The summed E-state index contributed by atoms with van der Waals surface area (Å²) < 4.78 is 1.47. The van der Waals surface area contributed by atoms with E-state index in [4.69, 9.17) is 16.8 Å². The van der Waals surface area contributed by atoms with Crippen LogP contribution in [0.5, 0.6) is 0 Å². The number of carbonyl (C=O) groups excluding carboxylic acids is 1. The minimum Gasteiger partial charge on any atom is -0.294 e. The van der Waals surface area contributed by atoms with Gasteiger partial charge in [-0.2, -0.15) is 0 Å². The molecule has 1 amide bonds. The topological polar surface area (TPSA) is 84.2 Å². The van der Waals surface area contributed by atoms with E-state index in [1.54, 1.807) is 17.6 Å². The van der Waals surface area contributed by atoms with E-state index >= 15 is 0 Å². The quantitative estimate of drug-likeness (QED) is 0.570. The van der Waals surface area contributed by atoms with Crippen LogP contribution in [0.25, 0.3) is 10.9 Å². The molecule has 0 saturated carbocycles. The number of carbonyl (C=O) groups is 1. The van der Waals surface area contributed by atoms with Crippen molar-refractivity contribution in [1.29, 1.82) is 0 Å². The molecule has 116 valence electrons. The van der Waals surface area contributed by atoms with Crippen molar-refractivity contribution in [1.82, 2.24) is 15.0 Å². The Balaban J connectivity index is 2.02. The Morgan fingerprint density at radius 3 is 2.83 bits per heavy atom. The van der Waals surface area contributed by atoms with Gasteiger partial charge < -0.3 is 0 Å². The molecule has 2 N–H and O–H groups in total. The summed E-state index contributed by atoms with van der Waals surface area (Å²) in [7, 11) is 0. The van der Waals surface area contributed by atoms with Crippen LogP contribution in [-0.4, -0.2) is 20.7 Å². The minimum atomic E-state index is -0.656. The van der Waals surface area contributed by atoms with Crippen LogP contribution in [-0.2, 0) is 6.54 Å². The average Bonchev–Trinajstić information content (AvgIpc) is 2.56. The van der Waals surface area contributed by atoms with E-state index in [0.29, 0.717) is 22.5 Å². The number of rotatable bonds is 3. The van der Waals surface area contributed by atoms with Gasteiger partial charge in [0.25, 0.3) is 11.5 Å². The van der Waals surface area contributed by atoms with Crippen molar-refractivity contribution in [2.24, 2.45) is 0 Å². The van der Waals surface area contributed by atoms with Crippen molar-refractivity contribution in [3.8, 4) is 0 Å². The molecule has 0 fully saturated rings. The molecule has 0 unspecified atom stereocenters. The Labute approximate surface area is 135 Å². The zero-order valence-electron chi connectivity index (χ0n) is 11.9. The van der Waals surface area contributed by atoms with Crippen LogP contribution in [0.3, 0.4) is 0 Å². The third-order valence-electron chi connectivity index (χ3n) is 3.43. The first-order chi connectivity index (χ1) is 11.1. The molecule has 2 aromatic carbocycles. The average molecular weight is 330 g/mol. The van der Waals surface area contributed by atoms with Crippen molar-refractivity contribution < 1.29 is 10.0 Å². The zero-order valence-corrected chi connectivity index (χ0v) is 12.6. The summed E-state index contributed by atoms with van der Waals surface area (Å²) in [5.74, 6) is -0.656. The van der Waals surface area contributed by atoms with Gasteiger partial charge in [-0.3, -0.25) is 19.4 Å². The second kappa shape index (κ2) is 6.20. The van der Waals surface area contributed by atoms with Crippen LogP contribution in [0.4, 0.5) is 0 Å². The fraction of sp³-hybridized carbons (Fsp3) is 0.0625. The first-order valence-electron chi connectivity index (χ1n) is 6.76. The van der Waals surface area contributed by atoms with Crippen LogP contribution in [0.2, 0.25) is 5.02 Å². The van der Waals surface area contributed by atoms with Gasteiger partial charge in [0.2, 0.25) is 0 Å². The zero-order chi connectivity index (χ0) is 16.4. The van der Waals surface area contributed by atoms with Gasteiger partial charge in [-0.25, -0.2) is 10.5 Å². The van der Waals surface area contributed by atoms with Crippen molar-refractivity contribution in [2.45, 2.75) is 6.54 Å². The van der Waals surface area contributed by atoms with Crippen LogP contribution in [0, 0.1) is 0 Å². The number of hydrogen-bond donors (Lipinski definition) is 2. The molecule has 0 bridgehead atoms. The maximum atomic E-state index is 12.5. The van der Waals surface area contributed by atoms with Gasteiger partial charge in [-0.1, -0.05) is 23.7 Å². The lowest BCUT2D eigenvalue weighted by atomic mass is 10.1. The van der Waals surface area contributed by atoms with E-state index < -0.39 is 5.91 Å². The molecule has 1 aromatic heterocycles. The molecule has 0 aliphatic carbocycles. The van der Waals surface area contributed by atoms with E-state index in [2.05, 4.69) is 4.98 Å². The van der Waals surface area contributed by atoms with Gasteiger partial charge in [0.15, 0.2) is 0 Å². The number of nitrogens with one attached hydrogen (secondary N) is 1. The maximum Gasteiger partial charge on any atom is 0.274 e. The number of hydroxylamine groups is 1. The van der Waals surface area contributed by atoms with Crippen LogP contribution >= 0.6 is 11.6 Å². The lowest BCUT2D eigenvalue weighted by Crippen LogP contribution is -2.22. The highest BCUT2D eigenvalue weighted by Gasteiger charge is 2.09. The Morgan fingerprint density at radius 1 is 1.26 bits per heavy atom. The predicted molar refractivity (Wildman–Crippen MR) is 85.8 cm³/mol. The van der Waals surface area contributed by atoms with Gasteiger partial charge in [0.1, 0.15) is 0 Å². The first-order valence-corrected chi connectivity index (χ1v) is 7.14. The molecule has 0 radical (unpaired) electrons. The molecule has 0 atom stereocenters. The van der Waals surface area contributed by atoms with Gasteiger partial charge in [-0.15, -0.1) is 0 Å². The molecule has 0 spiro atoms. The summed E-state index contributed by atoms with van der Waals surface area (Å²) in [6, 6.07) is 11.7. The van der Waals surface area contributed by atoms with Crippen molar-refractivity contribution in [3.63, 3.8) is 0 Å². The highest BCUT2D eigenvalue weighted by molar-refractivity contribution is 6.30. The summed E-state index contributed by atoms with van der Waals surface area (Å²) in [4.78, 5) is 28.1. The smallest absolute Gasteiger partial charge is 0.274 e. The molecule has 3 rings (SSSR count). The molecule has 0 aliphatic heterocycles. The highest BCUT2D eigenvalue weighted by atomic mass is 35.5. The van der Waals surface area contributed by atoms with Gasteiger partial charge in [0.05, 0.1) is 23.8 Å². The largest absolute Gasteiger partial charge is 0.294 e. The lowest BCUT2D eigenvalue weighted by Gasteiger charge is -2.08. The standard InChI is InChI=1S/C16H12ClN3O3/c17-12-3-1-2-10(6-12)8-20-9-18-14-7-11(15(21)19-23)4-5-13(14)16(20)22/h1-7,9,23H,8H2,(H,19,21). The Kier molecular flexibility index (Phi) is 4.10. The summed E-state index contributed by atoms with van der Waals surface area (Å²) in [5, 5.41) is 9.64. The number of halogens is 1. The number of nitrogens with zero attached hydrogens (tertiary/aromatic N) is 2. The van der Waals surface area contributed by atoms with Crippen LogP contribution < -0.4 is 11.0 Å². The molecular formula is C16H12ClN3O3. The van der Waals surface area contributed by atoms with E-state index in [9.17, 15) is 9.59 Å². The summed E-state index contributed by atoms with van der Waals surface area (Å²) >= 11 is 5.95. The number of hydrogen-bond acceptors (Lipinski definition) is 4. The molecular weight excluding hydrogens is 318 g/mol.